The minimum atomic E-state index is -4.61. The van der Waals surface area contributed by atoms with E-state index in [1.807, 2.05) is 0 Å². The van der Waals surface area contributed by atoms with Crippen LogP contribution in [0, 0.1) is 0 Å². The molecule has 1 aromatic rings. The molecule has 0 atom stereocenters. The predicted molar refractivity (Wildman–Crippen MR) is 59.2 cm³/mol. The molecule has 0 saturated heterocycles. The van der Waals surface area contributed by atoms with Crippen molar-refractivity contribution in [2.75, 3.05) is 13.1 Å². The third-order valence-electron chi connectivity index (χ3n) is 2.03. The molecule has 0 aliphatic carbocycles. The topological polar surface area (TPSA) is 68.1 Å². The summed E-state index contributed by atoms with van der Waals surface area (Å²) in [6.07, 6.45) is -4.61. The van der Waals surface area contributed by atoms with E-state index in [-0.39, 0.29) is 11.1 Å². The molecule has 0 amide bonds. The van der Waals surface area contributed by atoms with Crippen LogP contribution in [0.4, 0.5) is 13.2 Å². The number of halogens is 4. The first kappa shape index (κ1) is 15.4. The summed E-state index contributed by atoms with van der Waals surface area (Å²) in [6.45, 7) is -0.538. The monoisotopic (exact) mass is 350 g/mol. The Bertz CT molecular complexity index is 508. The lowest BCUT2D eigenvalue weighted by atomic mass is 10.6. The number of hydrogen-bond donors (Lipinski definition) is 0. The van der Waals surface area contributed by atoms with Crippen molar-refractivity contribution in [3.8, 4) is 0 Å². The average molecular weight is 351 g/mol. The molecule has 0 spiro atoms. The Labute approximate surface area is 110 Å². The summed E-state index contributed by atoms with van der Waals surface area (Å²) in [5, 5.41) is 6.46. The van der Waals surface area contributed by atoms with Gasteiger partial charge in [0.2, 0.25) is 5.03 Å². The molecule has 0 aromatic carbocycles. The molecule has 0 bridgehead atoms. The Morgan fingerprint density at radius 1 is 1.44 bits per heavy atom. The quantitative estimate of drug-likeness (QED) is 0.816. The van der Waals surface area contributed by atoms with Gasteiger partial charge in [-0.1, -0.05) is 12.1 Å². The number of hydrogen-bond acceptors (Lipinski definition) is 4. The molecule has 1 aromatic heterocycles. The molecule has 11 heteroatoms. The lowest BCUT2D eigenvalue weighted by Crippen LogP contribution is -2.39. The smallest absolute Gasteiger partial charge is 0.235 e. The maximum Gasteiger partial charge on any atom is 0.402 e. The first-order valence-corrected chi connectivity index (χ1v) is 6.95. The summed E-state index contributed by atoms with van der Waals surface area (Å²) in [7, 11) is -3.01. The first-order valence-electron chi connectivity index (χ1n) is 4.71. The Morgan fingerprint density at radius 2 is 2.00 bits per heavy atom. The van der Waals surface area contributed by atoms with Crippen LogP contribution in [0.25, 0.3) is 0 Å². The van der Waals surface area contributed by atoms with Crippen LogP contribution in [0.15, 0.2) is 9.63 Å². The normalized spacial score (nSPS) is 13.3. The molecule has 0 N–H and O–H groups in total. The Hall–Kier alpha value is -0.680. The number of sulfonamides is 1. The molecule has 104 valence electrons. The van der Waals surface area contributed by atoms with Crippen LogP contribution >= 0.6 is 15.9 Å². The molecule has 0 saturated carbocycles. The highest BCUT2D eigenvalue weighted by Gasteiger charge is 2.38. The van der Waals surface area contributed by atoms with Crippen molar-refractivity contribution in [1.29, 1.82) is 0 Å². The van der Waals surface area contributed by atoms with Gasteiger partial charge in [0.05, 0.1) is 0 Å². The molecule has 0 fully saturated rings. The third kappa shape index (κ3) is 3.20. The van der Waals surface area contributed by atoms with Gasteiger partial charge in [0.1, 0.15) is 6.54 Å². The van der Waals surface area contributed by atoms with Crippen LogP contribution in [0.5, 0.6) is 0 Å². The van der Waals surface area contributed by atoms with E-state index in [9.17, 15) is 21.6 Å². The van der Waals surface area contributed by atoms with Crippen LogP contribution in [0.3, 0.4) is 0 Å². The fraction of sp³-hybridized carbons (Fsp3) is 0.714. The predicted octanol–water partition coefficient (Wildman–Crippen LogP) is 1.15. The van der Waals surface area contributed by atoms with Gasteiger partial charge in [0.15, 0.2) is 4.60 Å². The van der Waals surface area contributed by atoms with Crippen LogP contribution in [-0.4, -0.2) is 47.0 Å². The van der Waals surface area contributed by atoms with Gasteiger partial charge >= 0.3 is 6.18 Å². The molecule has 0 unspecified atom stereocenters. The minimum absolute atomic E-state index is 0.120. The van der Waals surface area contributed by atoms with Gasteiger partial charge in [-0.15, -0.1) is 5.10 Å². The SMILES string of the molecule is CCN(CC(F)(F)F)S(=O)(=O)c1c(Br)nnn1C. The fourth-order valence-corrected chi connectivity index (χ4v) is 3.75. The first-order chi connectivity index (χ1) is 8.09. The van der Waals surface area contributed by atoms with Crippen molar-refractivity contribution in [2.24, 2.45) is 7.05 Å². The highest BCUT2D eigenvalue weighted by molar-refractivity contribution is 9.10. The van der Waals surface area contributed by atoms with E-state index < -0.39 is 27.8 Å². The summed E-state index contributed by atoms with van der Waals surface area (Å²) < 4.78 is 62.1. The second-order valence-electron chi connectivity index (χ2n) is 3.36. The number of rotatable bonds is 4. The van der Waals surface area contributed by atoms with Crippen molar-refractivity contribution in [3.63, 3.8) is 0 Å². The zero-order chi connectivity index (χ0) is 14.1. The van der Waals surface area contributed by atoms with Crippen molar-refractivity contribution in [2.45, 2.75) is 18.1 Å². The fourth-order valence-electron chi connectivity index (χ4n) is 1.29. The van der Waals surface area contributed by atoms with E-state index in [2.05, 4.69) is 26.2 Å². The maximum absolute atomic E-state index is 12.3. The molecular weight excluding hydrogens is 341 g/mol. The highest BCUT2D eigenvalue weighted by Crippen LogP contribution is 2.25. The number of alkyl halides is 3. The van der Waals surface area contributed by atoms with Gasteiger partial charge < -0.3 is 0 Å². The van der Waals surface area contributed by atoms with Gasteiger partial charge in [0.25, 0.3) is 10.0 Å². The maximum atomic E-state index is 12.3. The summed E-state index contributed by atoms with van der Waals surface area (Å²) in [6, 6.07) is 0. The van der Waals surface area contributed by atoms with E-state index in [1.54, 1.807) is 0 Å². The minimum Gasteiger partial charge on any atom is -0.235 e. The molecule has 1 rings (SSSR count). The molecular formula is C7H10BrF3N4O2S. The number of aryl methyl sites for hydroxylation is 1. The van der Waals surface area contributed by atoms with Gasteiger partial charge in [-0.05, 0) is 15.9 Å². The average Bonchev–Trinajstić information content (AvgIpc) is 2.53. The van der Waals surface area contributed by atoms with E-state index in [0.717, 1.165) is 4.68 Å². The van der Waals surface area contributed by atoms with Gasteiger partial charge in [-0.25, -0.2) is 13.1 Å². The van der Waals surface area contributed by atoms with Crippen LogP contribution in [0.1, 0.15) is 6.92 Å². The van der Waals surface area contributed by atoms with Crippen LogP contribution in [-0.2, 0) is 17.1 Å². The molecule has 0 aliphatic rings. The van der Waals surface area contributed by atoms with Crippen LogP contribution < -0.4 is 0 Å². The van der Waals surface area contributed by atoms with E-state index in [1.165, 1.54) is 14.0 Å². The lowest BCUT2D eigenvalue weighted by Gasteiger charge is -2.21. The van der Waals surface area contributed by atoms with E-state index >= 15 is 0 Å². The number of aromatic nitrogens is 3. The Morgan fingerprint density at radius 3 is 2.33 bits per heavy atom. The highest BCUT2D eigenvalue weighted by atomic mass is 79.9. The summed E-state index contributed by atoms with van der Waals surface area (Å²) in [5.74, 6) is 0. The molecule has 18 heavy (non-hydrogen) atoms. The molecule has 6 nitrogen and oxygen atoms in total. The third-order valence-corrected chi connectivity index (χ3v) is 4.84. The van der Waals surface area contributed by atoms with Crippen molar-refractivity contribution in [1.82, 2.24) is 19.3 Å². The Kier molecular flexibility index (Phi) is 4.38. The zero-order valence-corrected chi connectivity index (χ0v) is 11.8. The van der Waals surface area contributed by atoms with Crippen molar-refractivity contribution < 1.29 is 21.6 Å². The van der Waals surface area contributed by atoms with Gasteiger partial charge in [-0.3, -0.25) is 0 Å². The summed E-state index contributed by atoms with van der Waals surface area (Å²) in [5.41, 5.74) is 0. The second kappa shape index (κ2) is 5.13. The lowest BCUT2D eigenvalue weighted by molar-refractivity contribution is -0.135. The van der Waals surface area contributed by atoms with Crippen molar-refractivity contribution >= 4 is 26.0 Å². The van der Waals surface area contributed by atoms with Gasteiger partial charge in [0, 0.05) is 13.6 Å². The van der Waals surface area contributed by atoms with E-state index in [4.69, 9.17) is 0 Å². The molecule has 1 heterocycles. The van der Waals surface area contributed by atoms with Crippen molar-refractivity contribution in [3.05, 3.63) is 4.60 Å². The molecule has 0 aliphatic heterocycles. The standard InChI is InChI=1S/C7H10BrF3N4O2S/c1-3-15(4-7(9,10)11)18(16,17)6-5(8)12-13-14(6)2/h3-4H2,1-2H3. The molecule has 0 radical (unpaired) electrons. The number of nitrogens with zero attached hydrogens (tertiary/aromatic N) is 4. The van der Waals surface area contributed by atoms with Gasteiger partial charge in [-0.2, -0.15) is 17.5 Å². The summed E-state index contributed by atoms with van der Waals surface area (Å²) in [4.78, 5) is 0. The zero-order valence-electron chi connectivity index (χ0n) is 9.44. The summed E-state index contributed by atoms with van der Waals surface area (Å²) >= 11 is 2.85. The van der Waals surface area contributed by atoms with Crippen LogP contribution in [0.2, 0.25) is 0 Å². The van der Waals surface area contributed by atoms with E-state index in [0.29, 0.717) is 4.31 Å². The largest absolute Gasteiger partial charge is 0.402 e. The Balaban J connectivity index is 3.20. The second-order valence-corrected chi connectivity index (χ2v) is 5.96.